The van der Waals surface area contributed by atoms with Gasteiger partial charge >= 0.3 is 0 Å². The molecule has 26 heteroatoms. The number of sulfonamides is 2. The molecule has 3 atom stereocenters. The molecule has 0 aliphatic rings. The van der Waals surface area contributed by atoms with Crippen LogP contribution in [0.15, 0.2) is 129 Å². The molecule has 8 rings (SSSR count). The lowest BCUT2D eigenvalue weighted by Gasteiger charge is -2.19. The molecule has 4 aromatic heterocycles. The molecule has 0 radical (unpaired) electrons. The van der Waals surface area contributed by atoms with Crippen molar-refractivity contribution in [3.05, 3.63) is 152 Å². The SMILES string of the molecule is COc1ncc(-c2ccc3ncn(C[C@H](C)C(=O)NC(C)CCOc4ncc(-c5ccc6ncn(C[C@@H](C)C(=O)NC(C)C)c(=O)c6c5)cc4NS(=O)(=O)c4ccc(F)cc4Cl)c(=O)c3c2)cc1NS(=O)(=O)c1ccc(F)cc1Cl. The Morgan fingerprint density at radius 2 is 1.05 bits per heavy atom. The number of pyridine rings is 2. The quantitative estimate of drug-likeness (QED) is 0.0529. The largest absolute Gasteiger partial charge is 0.480 e. The molecule has 418 valence electrons. The minimum absolute atomic E-state index is 0.0638. The van der Waals surface area contributed by atoms with Crippen LogP contribution in [0.1, 0.15) is 41.0 Å². The van der Waals surface area contributed by atoms with Crippen LogP contribution in [0.5, 0.6) is 11.8 Å². The number of nitrogens with one attached hydrogen (secondary N) is 4. The topological polar surface area (TPSA) is 265 Å². The Morgan fingerprint density at radius 1 is 0.600 bits per heavy atom. The standard InChI is InChI=1S/C54H52Cl2F2N10O10S2/c1-29(2)63-49(69)30(3)25-67-27-61-44-12-8-34(18-40(44)53(67)71)36-20-46(66-80(75,76)48-14-10-38(58)22-42(48)56)52(60-24-36)78-16-15-32(5)64-50(70)31(4)26-68-28-62-43-11-7-33(17-39(43)54(68)72)35-19-45(51(77-6)59-23-35)65-79(73,74)47-13-9-37(57)21-41(47)55/h7-14,17-24,27-32,65-66H,15-16,25-26H2,1-6H3,(H,63,69)(H,64,70)/t30-,31+,32?/m1/s1. The van der Waals surface area contributed by atoms with Gasteiger partial charge in [0.1, 0.15) is 32.8 Å². The number of aromatic nitrogens is 6. The van der Waals surface area contributed by atoms with Crippen molar-refractivity contribution in [3.63, 3.8) is 0 Å². The van der Waals surface area contributed by atoms with Crippen molar-refractivity contribution < 1.29 is 44.7 Å². The summed E-state index contributed by atoms with van der Waals surface area (Å²) < 4.78 is 101. The lowest BCUT2D eigenvalue weighted by atomic mass is 10.0. The average molecular weight is 1170 g/mol. The van der Waals surface area contributed by atoms with Gasteiger partial charge in [-0.25, -0.2) is 45.6 Å². The summed E-state index contributed by atoms with van der Waals surface area (Å²) in [5.74, 6) is -3.64. The molecule has 0 bridgehead atoms. The predicted octanol–water partition coefficient (Wildman–Crippen LogP) is 8.20. The minimum Gasteiger partial charge on any atom is -0.480 e. The molecule has 0 aliphatic carbocycles. The zero-order valence-electron chi connectivity index (χ0n) is 43.6. The Labute approximate surface area is 467 Å². The number of fused-ring (bicyclic) bond motifs is 2. The van der Waals surface area contributed by atoms with Gasteiger partial charge in [-0.05, 0) is 105 Å². The molecule has 0 spiro atoms. The van der Waals surface area contributed by atoms with Gasteiger partial charge < -0.3 is 20.1 Å². The Morgan fingerprint density at radius 3 is 1.50 bits per heavy atom. The van der Waals surface area contributed by atoms with Crippen LogP contribution in [0.4, 0.5) is 20.2 Å². The van der Waals surface area contributed by atoms with E-state index in [4.69, 9.17) is 32.7 Å². The van der Waals surface area contributed by atoms with Gasteiger partial charge in [-0.15, -0.1) is 0 Å². The summed E-state index contributed by atoms with van der Waals surface area (Å²) in [6.07, 6.45) is 5.73. The van der Waals surface area contributed by atoms with Crippen molar-refractivity contribution in [3.8, 4) is 34.0 Å². The summed E-state index contributed by atoms with van der Waals surface area (Å²) in [5, 5.41) is 5.45. The molecule has 8 aromatic rings. The van der Waals surface area contributed by atoms with E-state index in [0.29, 0.717) is 33.3 Å². The van der Waals surface area contributed by atoms with Crippen LogP contribution in [0.3, 0.4) is 0 Å². The highest BCUT2D eigenvalue weighted by Gasteiger charge is 2.25. The molecule has 4 N–H and O–H groups in total. The minimum atomic E-state index is -4.49. The van der Waals surface area contributed by atoms with Gasteiger partial charge in [0.2, 0.25) is 23.6 Å². The molecular weight excluding hydrogens is 1120 g/mol. The smallest absolute Gasteiger partial charge is 0.263 e. The van der Waals surface area contributed by atoms with E-state index in [2.05, 4.69) is 40.0 Å². The molecule has 0 saturated carbocycles. The van der Waals surface area contributed by atoms with Gasteiger partial charge in [0.05, 0.1) is 70.1 Å². The summed E-state index contributed by atoms with van der Waals surface area (Å²) >= 11 is 12.2. The maximum atomic E-state index is 14.0. The lowest BCUT2D eigenvalue weighted by Crippen LogP contribution is -2.39. The molecule has 2 amide bonds. The molecule has 0 aliphatic heterocycles. The number of rotatable bonds is 21. The molecule has 1 unspecified atom stereocenters. The monoisotopic (exact) mass is 1170 g/mol. The average Bonchev–Trinajstić information content (AvgIpc) is 3.41. The zero-order chi connectivity index (χ0) is 57.8. The highest BCUT2D eigenvalue weighted by atomic mass is 35.5. The van der Waals surface area contributed by atoms with E-state index in [1.807, 2.05) is 13.8 Å². The van der Waals surface area contributed by atoms with Gasteiger partial charge in [-0.2, -0.15) is 0 Å². The molecular formula is C54H52Cl2F2N10O10S2. The fourth-order valence-corrected chi connectivity index (χ4v) is 11.5. The van der Waals surface area contributed by atoms with Crippen LogP contribution in [0, 0.1) is 23.5 Å². The summed E-state index contributed by atoms with van der Waals surface area (Å²) in [4.78, 5) is 70.6. The van der Waals surface area contributed by atoms with Crippen molar-refractivity contribution in [2.24, 2.45) is 11.8 Å². The molecule has 80 heavy (non-hydrogen) atoms. The number of anilines is 2. The number of benzene rings is 4. The number of amides is 2. The Kier molecular flexibility index (Phi) is 17.5. The molecule has 0 fully saturated rings. The molecule has 20 nitrogen and oxygen atoms in total. The summed E-state index contributed by atoms with van der Waals surface area (Å²) in [6, 6.07) is 17.6. The first-order chi connectivity index (χ1) is 37.9. The summed E-state index contributed by atoms with van der Waals surface area (Å²) in [6.45, 7) is 8.64. The summed E-state index contributed by atoms with van der Waals surface area (Å²) in [5.41, 5.74) is 1.33. The van der Waals surface area contributed by atoms with Gasteiger partial charge in [-0.1, -0.05) is 49.2 Å². The Balaban J connectivity index is 0.959. The van der Waals surface area contributed by atoms with E-state index < -0.39 is 71.5 Å². The lowest BCUT2D eigenvalue weighted by molar-refractivity contribution is -0.126. The van der Waals surface area contributed by atoms with Gasteiger partial charge in [-0.3, -0.25) is 37.8 Å². The maximum absolute atomic E-state index is 14.0. The number of methoxy groups -OCH3 is 1. The molecule has 4 aromatic carbocycles. The second kappa shape index (κ2) is 24.1. The number of nitrogens with zero attached hydrogens (tertiary/aromatic N) is 6. The fourth-order valence-electron chi connectivity index (χ4n) is 8.34. The highest BCUT2D eigenvalue weighted by molar-refractivity contribution is 7.93. The van der Waals surface area contributed by atoms with E-state index in [-0.39, 0.29) is 86.9 Å². The summed E-state index contributed by atoms with van der Waals surface area (Å²) in [7, 11) is -7.54. The third-order valence-electron chi connectivity index (χ3n) is 12.5. The number of halogens is 4. The Bertz CT molecular complexity index is 4080. The van der Waals surface area contributed by atoms with E-state index in [1.54, 1.807) is 57.2 Å². The van der Waals surface area contributed by atoms with Crippen LogP contribution in [-0.4, -0.2) is 83.5 Å². The third kappa shape index (κ3) is 13.3. The number of hydrogen-bond acceptors (Lipinski definition) is 14. The normalized spacial score (nSPS) is 12.9. The van der Waals surface area contributed by atoms with Crippen LogP contribution < -0.4 is 40.7 Å². The number of hydrogen-bond donors (Lipinski definition) is 4. The van der Waals surface area contributed by atoms with Crippen molar-refractivity contribution in [2.45, 2.75) is 76.0 Å². The van der Waals surface area contributed by atoms with Crippen LogP contribution in [0.2, 0.25) is 10.0 Å². The van der Waals surface area contributed by atoms with Crippen molar-refractivity contribution in [1.82, 2.24) is 39.7 Å². The van der Waals surface area contributed by atoms with Crippen LogP contribution >= 0.6 is 23.2 Å². The third-order valence-corrected chi connectivity index (χ3v) is 16.2. The second-order valence-electron chi connectivity index (χ2n) is 19.1. The number of carbonyl (C=O) groups is 2. The fraction of sp³-hybridized carbons (Fsp3) is 0.259. The van der Waals surface area contributed by atoms with E-state index >= 15 is 0 Å². The number of ether oxygens (including phenoxy) is 2. The molecule has 4 heterocycles. The first-order valence-corrected chi connectivity index (χ1v) is 28.4. The maximum Gasteiger partial charge on any atom is 0.263 e. The number of carbonyl (C=O) groups excluding carboxylic acids is 2. The Hall–Kier alpha value is -8.06. The highest BCUT2D eigenvalue weighted by Crippen LogP contribution is 2.35. The predicted molar refractivity (Wildman–Crippen MR) is 299 cm³/mol. The van der Waals surface area contributed by atoms with Gasteiger partial charge in [0, 0.05) is 55.1 Å². The second-order valence-corrected chi connectivity index (χ2v) is 23.2. The van der Waals surface area contributed by atoms with Gasteiger partial charge in [0.15, 0.2) is 0 Å². The van der Waals surface area contributed by atoms with Crippen molar-refractivity contribution >= 4 is 88.2 Å². The van der Waals surface area contributed by atoms with Crippen molar-refractivity contribution in [1.29, 1.82) is 0 Å². The first kappa shape index (κ1) is 58.1. The van der Waals surface area contributed by atoms with Crippen molar-refractivity contribution in [2.75, 3.05) is 23.2 Å². The zero-order valence-corrected chi connectivity index (χ0v) is 46.8. The molecule has 0 saturated heterocycles. The van der Waals surface area contributed by atoms with Crippen LogP contribution in [0.25, 0.3) is 44.1 Å². The van der Waals surface area contributed by atoms with E-state index in [9.17, 15) is 44.8 Å². The van der Waals surface area contributed by atoms with E-state index in [0.717, 1.165) is 36.4 Å². The van der Waals surface area contributed by atoms with Crippen LogP contribution in [-0.2, 0) is 42.7 Å². The van der Waals surface area contributed by atoms with E-state index in [1.165, 1.54) is 53.4 Å². The first-order valence-electron chi connectivity index (χ1n) is 24.6. The van der Waals surface area contributed by atoms with Gasteiger partial charge in [0.25, 0.3) is 31.2 Å².